The zero-order chi connectivity index (χ0) is 25.1. The molecule has 0 radical (unpaired) electrons. The zero-order valence-corrected chi connectivity index (χ0v) is 20.8. The Morgan fingerprint density at radius 1 is 1.08 bits per heavy atom. The Balaban J connectivity index is 1.34. The molecule has 36 heavy (non-hydrogen) atoms. The molecule has 2 aromatic rings. The summed E-state index contributed by atoms with van der Waals surface area (Å²) in [7, 11) is 0. The lowest BCUT2D eigenvalue weighted by atomic mass is 9.91. The number of hydrogen-bond acceptors (Lipinski definition) is 6. The number of ketones is 1. The number of nitrogens with two attached hydrogens (primary N) is 2. The number of allylic oxidation sites excluding steroid dienone is 1. The summed E-state index contributed by atoms with van der Waals surface area (Å²) in [6, 6.07) is 5.94. The highest BCUT2D eigenvalue weighted by atomic mass is 16.2. The number of Topliss-reactive ketones (excluding diaryl/α,β-unsaturated/α-hetero) is 1. The van der Waals surface area contributed by atoms with Crippen molar-refractivity contribution >= 4 is 28.4 Å². The van der Waals surface area contributed by atoms with Gasteiger partial charge < -0.3 is 32.0 Å². The van der Waals surface area contributed by atoms with Crippen LogP contribution in [0.3, 0.4) is 0 Å². The molecule has 3 aliphatic heterocycles. The SMILES string of the molecule is NCCCn1cc(CCN)c2ccc(N3C=C4C=C(CCC(=O)C5CCNCC5)NC4NC3=O)cc21. The number of carbonyl (C=O) groups is 2. The molecule has 1 aromatic carbocycles. The number of rotatable bonds is 10. The molecule has 1 saturated heterocycles. The summed E-state index contributed by atoms with van der Waals surface area (Å²) in [5.74, 6) is 0.516. The highest BCUT2D eigenvalue weighted by Gasteiger charge is 2.31. The summed E-state index contributed by atoms with van der Waals surface area (Å²) in [5.41, 5.74) is 16.7. The van der Waals surface area contributed by atoms with E-state index in [4.69, 9.17) is 11.5 Å². The molecule has 0 aliphatic carbocycles. The maximum absolute atomic E-state index is 13.0. The van der Waals surface area contributed by atoms with Crippen LogP contribution in [0.2, 0.25) is 0 Å². The van der Waals surface area contributed by atoms with Gasteiger partial charge in [0, 0.05) is 47.9 Å². The molecule has 1 atom stereocenters. The number of piperidine rings is 1. The molecule has 9 nitrogen and oxygen atoms in total. The monoisotopic (exact) mass is 491 g/mol. The van der Waals surface area contributed by atoms with Crippen LogP contribution in [-0.4, -0.2) is 48.7 Å². The van der Waals surface area contributed by atoms with E-state index in [1.54, 1.807) is 4.90 Å². The average Bonchev–Trinajstić information content (AvgIpc) is 3.46. The maximum Gasteiger partial charge on any atom is 0.327 e. The normalized spacial score (nSPS) is 20.1. The van der Waals surface area contributed by atoms with Gasteiger partial charge in [-0.05, 0) is 82.1 Å². The van der Waals surface area contributed by atoms with Gasteiger partial charge in [0.25, 0.3) is 0 Å². The van der Waals surface area contributed by atoms with Crippen molar-refractivity contribution in [1.82, 2.24) is 20.5 Å². The Kier molecular flexibility index (Phi) is 7.41. The Bertz CT molecular complexity index is 1190. The topological polar surface area (TPSA) is 130 Å². The summed E-state index contributed by atoms with van der Waals surface area (Å²) in [5, 5.41) is 10.9. The van der Waals surface area contributed by atoms with Crippen LogP contribution in [-0.2, 0) is 17.8 Å². The smallest absolute Gasteiger partial charge is 0.327 e. The summed E-state index contributed by atoms with van der Waals surface area (Å²) < 4.78 is 2.21. The summed E-state index contributed by atoms with van der Waals surface area (Å²) in [6.45, 7) is 3.88. The van der Waals surface area contributed by atoms with Crippen LogP contribution in [0, 0.1) is 5.92 Å². The highest BCUT2D eigenvalue weighted by Crippen LogP contribution is 2.31. The Labute approximate surface area is 211 Å². The first-order valence-electron chi connectivity index (χ1n) is 13.1. The van der Waals surface area contributed by atoms with Gasteiger partial charge in [-0.25, -0.2) is 4.79 Å². The summed E-state index contributed by atoms with van der Waals surface area (Å²) >= 11 is 0. The molecule has 2 amide bonds. The third-order valence-electron chi connectivity index (χ3n) is 7.45. The van der Waals surface area contributed by atoms with Gasteiger partial charge in [-0.15, -0.1) is 0 Å². The van der Waals surface area contributed by atoms with E-state index in [9.17, 15) is 9.59 Å². The second-order valence-electron chi connectivity index (χ2n) is 9.92. The van der Waals surface area contributed by atoms with Crippen LogP contribution in [0.5, 0.6) is 0 Å². The molecule has 0 saturated carbocycles. The van der Waals surface area contributed by atoms with Crippen molar-refractivity contribution in [2.24, 2.45) is 17.4 Å². The third-order valence-corrected chi connectivity index (χ3v) is 7.45. The van der Waals surface area contributed by atoms with E-state index in [1.807, 2.05) is 12.3 Å². The van der Waals surface area contributed by atoms with E-state index in [2.05, 4.69) is 44.9 Å². The highest BCUT2D eigenvalue weighted by molar-refractivity contribution is 5.98. The van der Waals surface area contributed by atoms with Crippen LogP contribution in [0.4, 0.5) is 10.5 Å². The zero-order valence-electron chi connectivity index (χ0n) is 20.8. The molecule has 9 heteroatoms. The van der Waals surface area contributed by atoms with Crippen molar-refractivity contribution in [2.75, 3.05) is 31.1 Å². The molecular formula is C27H37N7O2. The minimum Gasteiger partial charge on any atom is -0.365 e. The molecule has 1 aromatic heterocycles. The number of hydrogen-bond donors (Lipinski definition) is 5. The predicted molar refractivity (Wildman–Crippen MR) is 142 cm³/mol. The van der Waals surface area contributed by atoms with E-state index >= 15 is 0 Å². The lowest BCUT2D eigenvalue weighted by molar-refractivity contribution is -0.123. The first-order valence-corrected chi connectivity index (χ1v) is 13.1. The number of nitrogens with zero attached hydrogens (tertiary/aromatic N) is 2. The second kappa shape index (κ2) is 10.9. The van der Waals surface area contributed by atoms with Gasteiger partial charge in [-0.2, -0.15) is 0 Å². The van der Waals surface area contributed by atoms with Gasteiger partial charge in [0.05, 0.1) is 11.2 Å². The number of aromatic nitrogens is 1. The Morgan fingerprint density at radius 2 is 1.92 bits per heavy atom. The number of benzene rings is 1. The fourth-order valence-corrected chi connectivity index (χ4v) is 5.48. The van der Waals surface area contributed by atoms with Gasteiger partial charge in [0.2, 0.25) is 0 Å². The number of anilines is 1. The van der Waals surface area contributed by atoms with Crippen LogP contribution < -0.4 is 32.3 Å². The molecule has 1 fully saturated rings. The van der Waals surface area contributed by atoms with Crippen molar-refractivity contribution in [3.8, 4) is 0 Å². The fourth-order valence-electron chi connectivity index (χ4n) is 5.48. The fraction of sp³-hybridized carbons (Fsp3) is 0.481. The lowest BCUT2D eigenvalue weighted by Crippen LogP contribution is -2.51. The standard InChI is InChI=1S/C27H37N7O2/c28-9-1-13-33-16-19(6-10-29)23-4-3-22(15-24(23)33)34-17-20-14-21(31-26(20)32-27(34)36)2-5-25(35)18-7-11-30-12-8-18/h3-4,14-18,26,30-31H,1-2,5-13,28-29H2,(H,32,36). The van der Waals surface area contributed by atoms with E-state index in [-0.39, 0.29) is 18.1 Å². The van der Waals surface area contributed by atoms with Crippen LogP contribution in [0.25, 0.3) is 10.9 Å². The molecule has 192 valence electrons. The van der Waals surface area contributed by atoms with Crippen molar-refractivity contribution in [2.45, 2.75) is 51.2 Å². The van der Waals surface area contributed by atoms with E-state index in [1.165, 1.54) is 5.56 Å². The number of urea groups is 1. The molecule has 4 heterocycles. The van der Waals surface area contributed by atoms with E-state index in [0.717, 1.165) is 73.2 Å². The maximum atomic E-state index is 13.0. The lowest BCUT2D eigenvalue weighted by Gasteiger charge is -2.29. The van der Waals surface area contributed by atoms with Crippen molar-refractivity contribution < 1.29 is 9.59 Å². The van der Waals surface area contributed by atoms with Crippen LogP contribution in [0.15, 0.2) is 47.9 Å². The molecule has 0 spiro atoms. The average molecular weight is 492 g/mol. The second-order valence-corrected chi connectivity index (χ2v) is 9.92. The molecule has 5 rings (SSSR count). The quantitative estimate of drug-likeness (QED) is 0.346. The predicted octanol–water partition coefficient (Wildman–Crippen LogP) is 2.07. The summed E-state index contributed by atoms with van der Waals surface area (Å²) in [6.07, 6.45) is 10.6. The first kappa shape index (κ1) is 24.5. The van der Waals surface area contributed by atoms with Crippen molar-refractivity contribution in [1.29, 1.82) is 0 Å². The summed E-state index contributed by atoms with van der Waals surface area (Å²) in [4.78, 5) is 27.3. The van der Waals surface area contributed by atoms with Crippen molar-refractivity contribution in [3.63, 3.8) is 0 Å². The number of amides is 2. The van der Waals surface area contributed by atoms with Gasteiger partial charge in [0.1, 0.15) is 11.9 Å². The van der Waals surface area contributed by atoms with Gasteiger partial charge in [0.15, 0.2) is 0 Å². The van der Waals surface area contributed by atoms with Gasteiger partial charge >= 0.3 is 6.03 Å². The number of carbonyl (C=O) groups excluding carboxylic acids is 2. The largest absolute Gasteiger partial charge is 0.365 e. The van der Waals surface area contributed by atoms with E-state index < -0.39 is 0 Å². The number of fused-ring (bicyclic) bond motifs is 2. The van der Waals surface area contributed by atoms with Crippen LogP contribution in [0.1, 0.15) is 37.7 Å². The van der Waals surface area contributed by atoms with Gasteiger partial charge in [-0.1, -0.05) is 6.07 Å². The molecule has 7 N–H and O–H groups in total. The first-order chi connectivity index (χ1) is 17.6. The Hall–Kier alpha value is -3.14. The number of nitrogens with one attached hydrogen (secondary N) is 3. The minimum atomic E-state index is -0.258. The van der Waals surface area contributed by atoms with Crippen LogP contribution >= 0.6 is 0 Å². The van der Waals surface area contributed by atoms with Crippen molar-refractivity contribution in [3.05, 3.63) is 53.5 Å². The molecule has 3 aliphatic rings. The third kappa shape index (κ3) is 5.04. The van der Waals surface area contributed by atoms with Gasteiger partial charge in [-0.3, -0.25) is 9.69 Å². The number of aryl methyl sites for hydroxylation is 1. The minimum absolute atomic E-state index is 0.175. The molecule has 0 bridgehead atoms. The molecule has 1 unspecified atom stereocenters. The van der Waals surface area contributed by atoms with E-state index in [0.29, 0.717) is 31.7 Å². The molecular weight excluding hydrogens is 454 g/mol. The Morgan fingerprint density at radius 3 is 2.69 bits per heavy atom.